The summed E-state index contributed by atoms with van der Waals surface area (Å²) >= 11 is 0. The Bertz CT molecular complexity index is 623. The maximum Gasteiger partial charge on any atom is 0.228 e. The Morgan fingerprint density at radius 2 is 1.05 bits per heavy atom. The van der Waals surface area contributed by atoms with Gasteiger partial charge in [-0.1, -0.05) is 60.7 Å². The minimum absolute atomic E-state index is 0.711. The number of hydrogen-bond donors (Lipinski definition) is 0. The molecule has 0 aromatic heterocycles. The minimum Gasteiger partial charge on any atom is -0.321 e. The van der Waals surface area contributed by atoms with Crippen molar-refractivity contribution in [3.05, 3.63) is 71.8 Å². The average Bonchev–Trinajstić information content (AvgIpc) is 3.20. The predicted octanol–water partition coefficient (Wildman–Crippen LogP) is 2.85. The highest BCUT2D eigenvalue weighted by atomic mass is 16.6. The molecule has 3 heteroatoms. The van der Waals surface area contributed by atoms with Crippen LogP contribution in [0.4, 0.5) is 0 Å². The summed E-state index contributed by atoms with van der Waals surface area (Å²) in [5.41, 5.74) is -0.986. The highest BCUT2D eigenvalue weighted by Crippen LogP contribution is 2.61. The molecule has 19 heavy (non-hydrogen) atoms. The van der Waals surface area contributed by atoms with Crippen LogP contribution in [0.1, 0.15) is 11.1 Å². The number of nitriles is 2. The maximum absolute atomic E-state index is 9.51. The van der Waals surface area contributed by atoms with Gasteiger partial charge in [0.1, 0.15) is 12.1 Å². The molecule has 2 aromatic carbocycles. The van der Waals surface area contributed by atoms with Crippen LogP contribution in [-0.2, 0) is 15.9 Å². The molecule has 1 aliphatic rings. The molecule has 0 aliphatic carbocycles. The van der Waals surface area contributed by atoms with E-state index in [0.717, 1.165) is 0 Å². The standard InChI is InChI=1S/C16H10N2O/c17-11-15(13-7-3-1-4-8-13)16(12-18,19-15)14-9-5-2-6-10-14/h1-10H. The van der Waals surface area contributed by atoms with Gasteiger partial charge >= 0.3 is 0 Å². The molecule has 90 valence electrons. The molecule has 0 bridgehead atoms. The summed E-state index contributed by atoms with van der Waals surface area (Å²) in [7, 11) is 0. The second-order valence-corrected chi connectivity index (χ2v) is 4.42. The fourth-order valence-electron chi connectivity index (χ4n) is 2.41. The molecule has 1 heterocycles. The van der Waals surface area contributed by atoms with Crippen LogP contribution in [-0.4, -0.2) is 0 Å². The highest BCUT2D eigenvalue weighted by molar-refractivity contribution is 5.51. The average molecular weight is 246 g/mol. The van der Waals surface area contributed by atoms with Crippen molar-refractivity contribution in [3.8, 4) is 12.1 Å². The van der Waals surface area contributed by atoms with Gasteiger partial charge in [-0.3, -0.25) is 0 Å². The van der Waals surface area contributed by atoms with Crippen LogP contribution in [0.3, 0.4) is 0 Å². The van der Waals surface area contributed by atoms with Crippen LogP contribution in [0, 0.1) is 22.7 Å². The van der Waals surface area contributed by atoms with Gasteiger partial charge in [0, 0.05) is 11.1 Å². The monoisotopic (exact) mass is 246 g/mol. The first-order valence-corrected chi connectivity index (χ1v) is 5.93. The normalized spacial score (nSPS) is 28.1. The van der Waals surface area contributed by atoms with E-state index >= 15 is 0 Å². The van der Waals surface area contributed by atoms with Gasteiger partial charge in [-0.05, 0) is 0 Å². The van der Waals surface area contributed by atoms with Crippen molar-refractivity contribution in [3.63, 3.8) is 0 Å². The Balaban J connectivity index is 2.14. The van der Waals surface area contributed by atoms with Crippen LogP contribution in [0.25, 0.3) is 0 Å². The van der Waals surface area contributed by atoms with Gasteiger partial charge < -0.3 is 4.74 Å². The first-order valence-electron chi connectivity index (χ1n) is 5.93. The Hall–Kier alpha value is -2.62. The first kappa shape index (κ1) is 11.5. The van der Waals surface area contributed by atoms with Crippen LogP contribution in [0.15, 0.2) is 60.7 Å². The molecule has 0 amide bonds. The molecule has 1 saturated heterocycles. The van der Waals surface area contributed by atoms with Gasteiger partial charge in [0.2, 0.25) is 11.2 Å². The number of nitrogens with zero attached hydrogens (tertiary/aromatic N) is 2. The molecule has 3 rings (SSSR count). The van der Waals surface area contributed by atoms with Crippen molar-refractivity contribution in [1.82, 2.24) is 0 Å². The first-order chi connectivity index (χ1) is 9.29. The quantitative estimate of drug-likeness (QED) is 0.765. The second-order valence-electron chi connectivity index (χ2n) is 4.42. The third-order valence-corrected chi connectivity index (χ3v) is 3.44. The number of ether oxygens (including phenoxy) is 1. The molecule has 0 spiro atoms. The van der Waals surface area contributed by atoms with E-state index in [4.69, 9.17) is 4.74 Å². The van der Waals surface area contributed by atoms with Gasteiger partial charge in [0.25, 0.3) is 0 Å². The van der Waals surface area contributed by atoms with Gasteiger partial charge in [-0.2, -0.15) is 10.5 Å². The van der Waals surface area contributed by atoms with Crippen molar-refractivity contribution in [1.29, 1.82) is 10.5 Å². The molecule has 0 saturated carbocycles. The predicted molar refractivity (Wildman–Crippen MR) is 68.6 cm³/mol. The fraction of sp³-hybridized carbons (Fsp3) is 0.125. The van der Waals surface area contributed by atoms with Crippen molar-refractivity contribution in [2.24, 2.45) is 0 Å². The molecule has 1 aliphatic heterocycles. The molecule has 2 atom stereocenters. The smallest absolute Gasteiger partial charge is 0.228 e. The molecule has 0 radical (unpaired) electrons. The number of hydrogen-bond acceptors (Lipinski definition) is 3. The van der Waals surface area contributed by atoms with Gasteiger partial charge in [0.15, 0.2) is 0 Å². The lowest BCUT2D eigenvalue weighted by Crippen LogP contribution is -2.19. The maximum atomic E-state index is 9.51. The molecule has 2 unspecified atom stereocenters. The minimum atomic E-state index is -1.20. The van der Waals surface area contributed by atoms with Crippen molar-refractivity contribution in [2.75, 3.05) is 0 Å². The summed E-state index contributed by atoms with van der Waals surface area (Å²) in [5.74, 6) is 0. The lowest BCUT2D eigenvalue weighted by molar-refractivity contribution is 0.314. The molecule has 2 aromatic rings. The summed E-state index contributed by atoms with van der Waals surface area (Å²) in [5, 5.41) is 19.0. The van der Waals surface area contributed by atoms with Crippen LogP contribution in [0.2, 0.25) is 0 Å². The SMILES string of the molecule is N#CC1(c2ccccc2)OC1(C#N)c1ccccc1. The van der Waals surface area contributed by atoms with Gasteiger partial charge in [-0.15, -0.1) is 0 Å². The lowest BCUT2D eigenvalue weighted by atomic mass is 9.83. The zero-order valence-corrected chi connectivity index (χ0v) is 10.1. The Morgan fingerprint density at radius 1 is 0.684 bits per heavy atom. The number of benzene rings is 2. The van der Waals surface area contributed by atoms with Gasteiger partial charge in [0.05, 0.1) is 0 Å². The van der Waals surface area contributed by atoms with Crippen molar-refractivity contribution in [2.45, 2.75) is 11.2 Å². The summed E-state index contributed by atoms with van der Waals surface area (Å²) < 4.78 is 5.64. The fourth-order valence-corrected chi connectivity index (χ4v) is 2.41. The Kier molecular flexibility index (Phi) is 2.38. The Morgan fingerprint density at radius 3 is 1.37 bits per heavy atom. The number of epoxide rings is 1. The molecular formula is C16H10N2O. The van der Waals surface area contributed by atoms with E-state index in [1.807, 2.05) is 60.7 Å². The van der Waals surface area contributed by atoms with E-state index < -0.39 is 11.2 Å². The molecule has 0 N–H and O–H groups in total. The van der Waals surface area contributed by atoms with Gasteiger partial charge in [-0.25, -0.2) is 0 Å². The van der Waals surface area contributed by atoms with E-state index in [2.05, 4.69) is 12.1 Å². The van der Waals surface area contributed by atoms with E-state index in [1.165, 1.54) is 0 Å². The van der Waals surface area contributed by atoms with Crippen LogP contribution in [0.5, 0.6) is 0 Å². The third kappa shape index (κ3) is 1.40. The largest absolute Gasteiger partial charge is 0.321 e. The summed E-state index contributed by atoms with van der Waals surface area (Å²) in [6.07, 6.45) is 0. The van der Waals surface area contributed by atoms with Crippen LogP contribution < -0.4 is 0 Å². The molecule has 3 nitrogen and oxygen atoms in total. The zero-order valence-electron chi connectivity index (χ0n) is 10.1. The summed E-state index contributed by atoms with van der Waals surface area (Å²) in [4.78, 5) is 0. The summed E-state index contributed by atoms with van der Waals surface area (Å²) in [6, 6.07) is 22.7. The second kappa shape index (κ2) is 3.95. The zero-order chi connectivity index (χ0) is 13.3. The van der Waals surface area contributed by atoms with E-state index in [1.54, 1.807) is 0 Å². The third-order valence-electron chi connectivity index (χ3n) is 3.44. The Labute approximate surface area is 111 Å². The van der Waals surface area contributed by atoms with Crippen molar-refractivity contribution >= 4 is 0 Å². The summed E-state index contributed by atoms with van der Waals surface area (Å²) in [6.45, 7) is 0. The number of rotatable bonds is 2. The molecule has 1 fully saturated rings. The van der Waals surface area contributed by atoms with Crippen LogP contribution >= 0.6 is 0 Å². The highest BCUT2D eigenvalue weighted by Gasteiger charge is 2.74. The lowest BCUT2D eigenvalue weighted by Gasteiger charge is -2.08. The van der Waals surface area contributed by atoms with E-state index in [0.29, 0.717) is 11.1 Å². The topological polar surface area (TPSA) is 60.1 Å². The molecular weight excluding hydrogens is 236 g/mol. The van der Waals surface area contributed by atoms with E-state index in [-0.39, 0.29) is 0 Å². The van der Waals surface area contributed by atoms with E-state index in [9.17, 15) is 10.5 Å². The van der Waals surface area contributed by atoms with Crippen molar-refractivity contribution < 1.29 is 4.74 Å².